The average molecular weight is 539 g/mol. The quantitative estimate of drug-likeness (QED) is 0.140. The number of hydrogen-bond donors (Lipinski definition) is 0. The molecule has 0 spiro atoms. The van der Waals surface area contributed by atoms with Gasteiger partial charge in [0, 0.05) is 15.1 Å². The molecule has 0 unspecified atom stereocenters. The highest BCUT2D eigenvalue weighted by Gasteiger charge is 2.24. The van der Waals surface area contributed by atoms with Crippen LogP contribution < -0.4 is 4.74 Å². The third-order valence-electron chi connectivity index (χ3n) is 5.22. The monoisotopic (exact) mass is 538 g/mol. The fourth-order valence-electron chi connectivity index (χ4n) is 3.41. The van der Waals surface area contributed by atoms with E-state index in [1.807, 2.05) is 91.2 Å². The Kier molecular flexibility index (Phi) is 7.64. The van der Waals surface area contributed by atoms with Crippen LogP contribution in [0.5, 0.6) is 5.75 Å². The van der Waals surface area contributed by atoms with Crippen LogP contribution in [0.15, 0.2) is 82.4 Å². The summed E-state index contributed by atoms with van der Waals surface area (Å²) in [5.74, 6) is 1.43. The van der Waals surface area contributed by atoms with Crippen molar-refractivity contribution >= 4 is 27.7 Å². The van der Waals surface area contributed by atoms with Gasteiger partial charge in [0.1, 0.15) is 23.4 Å². The summed E-state index contributed by atoms with van der Waals surface area (Å²) >= 11 is 4.76. The Morgan fingerprint density at radius 3 is 2.32 bits per heavy atom. The van der Waals surface area contributed by atoms with Crippen LogP contribution in [-0.4, -0.2) is 26.2 Å². The molecule has 1 atom stereocenters. The van der Waals surface area contributed by atoms with Crippen molar-refractivity contribution in [3.8, 4) is 11.4 Å². The zero-order chi connectivity index (χ0) is 24.1. The van der Waals surface area contributed by atoms with E-state index in [-0.39, 0.29) is 11.5 Å². The number of thioether (sulfide) groups is 1. The number of rotatable bonds is 9. The van der Waals surface area contributed by atoms with Gasteiger partial charge in [0.15, 0.2) is 5.16 Å². The van der Waals surface area contributed by atoms with E-state index < -0.39 is 5.25 Å². The summed E-state index contributed by atoms with van der Waals surface area (Å²) in [5, 5.41) is 20.1. The predicted octanol–water partition coefficient (Wildman–Crippen LogP) is 6.34. The van der Waals surface area contributed by atoms with Crippen molar-refractivity contribution < 1.29 is 9.66 Å². The minimum atomic E-state index is -0.427. The lowest BCUT2D eigenvalue weighted by Crippen LogP contribution is -2.11. The molecule has 4 rings (SSSR count). The van der Waals surface area contributed by atoms with Gasteiger partial charge in [-0.1, -0.05) is 69.7 Å². The first-order valence-electron chi connectivity index (χ1n) is 10.6. The van der Waals surface area contributed by atoms with E-state index in [2.05, 4.69) is 26.1 Å². The highest BCUT2D eigenvalue weighted by molar-refractivity contribution is 9.10. The second-order valence-electron chi connectivity index (χ2n) is 7.81. The fraction of sp³-hybridized carbons (Fsp3) is 0.200. The molecule has 0 fully saturated rings. The second kappa shape index (κ2) is 10.8. The van der Waals surface area contributed by atoms with Crippen LogP contribution in [-0.2, 0) is 6.61 Å². The van der Waals surface area contributed by atoms with Crippen molar-refractivity contribution in [1.29, 1.82) is 0 Å². The molecule has 0 N–H and O–H groups in total. The number of aromatic nitrogens is 3. The Morgan fingerprint density at radius 1 is 1.00 bits per heavy atom. The first kappa shape index (κ1) is 24.0. The van der Waals surface area contributed by atoms with Crippen LogP contribution in [0.25, 0.3) is 5.69 Å². The molecule has 1 aromatic heterocycles. The Bertz CT molecular complexity index is 1260. The van der Waals surface area contributed by atoms with Gasteiger partial charge in [-0.25, -0.2) is 0 Å². The largest absolute Gasteiger partial charge is 0.489 e. The normalized spacial score (nSPS) is 11.9. The highest BCUT2D eigenvalue weighted by atomic mass is 79.9. The smallest absolute Gasteiger partial charge is 0.220 e. The minimum absolute atomic E-state index is 0.233. The zero-order valence-electron chi connectivity index (χ0n) is 18.7. The van der Waals surface area contributed by atoms with Gasteiger partial charge in [0.2, 0.25) is 6.54 Å². The van der Waals surface area contributed by atoms with Crippen LogP contribution in [0.4, 0.5) is 0 Å². The van der Waals surface area contributed by atoms with E-state index >= 15 is 0 Å². The molecular weight excluding hydrogens is 516 g/mol. The molecule has 0 aliphatic rings. The molecule has 0 saturated carbocycles. The molecule has 9 heteroatoms. The number of halogens is 1. The van der Waals surface area contributed by atoms with Crippen molar-refractivity contribution in [2.75, 3.05) is 6.54 Å². The van der Waals surface area contributed by atoms with Crippen molar-refractivity contribution in [2.45, 2.75) is 30.9 Å². The Hall–Kier alpha value is -3.17. The number of hydrogen-bond acceptors (Lipinski definition) is 6. The average Bonchev–Trinajstić information content (AvgIpc) is 3.19. The number of nitrogens with zero attached hydrogens (tertiary/aromatic N) is 4. The summed E-state index contributed by atoms with van der Waals surface area (Å²) in [4.78, 5) is 11.1. The topological polar surface area (TPSA) is 83.1 Å². The third-order valence-corrected chi connectivity index (χ3v) is 6.93. The summed E-state index contributed by atoms with van der Waals surface area (Å²) in [6.07, 6.45) is 0. The van der Waals surface area contributed by atoms with Gasteiger partial charge >= 0.3 is 0 Å². The lowest BCUT2D eigenvalue weighted by atomic mass is 10.1. The summed E-state index contributed by atoms with van der Waals surface area (Å²) in [5.41, 5.74) is 3.96. The lowest BCUT2D eigenvalue weighted by Gasteiger charge is -2.15. The Balaban J connectivity index is 1.52. The SMILES string of the molecule is Cc1ccc(-n2c(C)nnc2S[C@H](C[N+](=O)[O-])c2ccc(OCc3ccc(Br)cc3)cc2)cc1. The molecular formula is C25H23BrN4O3S. The summed E-state index contributed by atoms with van der Waals surface area (Å²) in [6, 6.07) is 23.4. The van der Waals surface area contributed by atoms with Gasteiger partial charge in [0.25, 0.3) is 0 Å². The first-order valence-corrected chi connectivity index (χ1v) is 12.3. The number of aryl methyl sites for hydroxylation is 2. The van der Waals surface area contributed by atoms with Gasteiger partial charge < -0.3 is 4.74 Å². The molecule has 0 aliphatic carbocycles. The molecule has 34 heavy (non-hydrogen) atoms. The van der Waals surface area contributed by atoms with Crippen molar-refractivity contribution in [3.05, 3.63) is 110 Å². The van der Waals surface area contributed by atoms with Crippen molar-refractivity contribution in [2.24, 2.45) is 0 Å². The van der Waals surface area contributed by atoms with Gasteiger partial charge in [0.05, 0.1) is 0 Å². The molecule has 174 valence electrons. The summed E-state index contributed by atoms with van der Waals surface area (Å²) in [7, 11) is 0. The van der Waals surface area contributed by atoms with E-state index in [0.717, 1.165) is 32.7 Å². The molecule has 3 aromatic carbocycles. The van der Waals surface area contributed by atoms with E-state index in [1.54, 1.807) is 0 Å². The molecule has 0 amide bonds. The third kappa shape index (κ3) is 6.03. The molecule has 7 nitrogen and oxygen atoms in total. The summed E-state index contributed by atoms with van der Waals surface area (Å²) in [6.45, 7) is 4.11. The maximum absolute atomic E-state index is 11.4. The molecule has 0 bridgehead atoms. The predicted molar refractivity (Wildman–Crippen MR) is 136 cm³/mol. The van der Waals surface area contributed by atoms with Crippen LogP contribution in [0.3, 0.4) is 0 Å². The number of nitro groups is 1. The van der Waals surface area contributed by atoms with E-state index in [4.69, 9.17) is 4.74 Å². The van der Waals surface area contributed by atoms with E-state index in [9.17, 15) is 10.1 Å². The molecule has 1 heterocycles. The standard InChI is InChI=1S/C25H23BrN4O3S/c1-17-3-11-22(12-4-17)30-18(2)27-28-25(30)34-24(15-29(31)32)20-7-13-23(14-8-20)33-16-19-5-9-21(26)10-6-19/h3-14,24H,15-16H2,1-2H3/t24-/m1/s1. The van der Waals surface area contributed by atoms with E-state index in [1.165, 1.54) is 11.8 Å². The fourth-order valence-corrected chi connectivity index (χ4v) is 4.85. The first-order chi connectivity index (χ1) is 16.4. The zero-order valence-corrected chi connectivity index (χ0v) is 21.1. The molecule has 4 aromatic rings. The van der Waals surface area contributed by atoms with Crippen LogP contribution >= 0.6 is 27.7 Å². The van der Waals surface area contributed by atoms with Gasteiger partial charge in [-0.2, -0.15) is 0 Å². The molecule has 0 saturated heterocycles. The maximum Gasteiger partial charge on any atom is 0.220 e. The summed E-state index contributed by atoms with van der Waals surface area (Å²) < 4.78 is 8.81. The second-order valence-corrected chi connectivity index (χ2v) is 9.89. The lowest BCUT2D eigenvalue weighted by molar-refractivity contribution is -0.479. The molecule has 0 aliphatic heterocycles. The van der Waals surface area contributed by atoms with Gasteiger partial charge in [-0.3, -0.25) is 14.7 Å². The highest BCUT2D eigenvalue weighted by Crippen LogP contribution is 2.36. The van der Waals surface area contributed by atoms with Gasteiger partial charge in [-0.05, 0) is 61.4 Å². The minimum Gasteiger partial charge on any atom is -0.489 e. The van der Waals surface area contributed by atoms with Crippen LogP contribution in [0, 0.1) is 24.0 Å². The van der Waals surface area contributed by atoms with Crippen molar-refractivity contribution in [3.63, 3.8) is 0 Å². The number of benzene rings is 3. The van der Waals surface area contributed by atoms with Gasteiger partial charge in [-0.15, -0.1) is 10.2 Å². The number of ether oxygens (including phenoxy) is 1. The van der Waals surface area contributed by atoms with Crippen LogP contribution in [0.1, 0.15) is 27.8 Å². The van der Waals surface area contributed by atoms with E-state index in [0.29, 0.717) is 17.5 Å². The Morgan fingerprint density at radius 2 is 1.68 bits per heavy atom. The van der Waals surface area contributed by atoms with Crippen molar-refractivity contribution in [1.82, 2.24) is 14.8 Å². The maximum atomic E-state index is 11.4. The Labute approximate surface area is 210 Å². The van der Waals surface area contributed by atoms with Crippen LogP contribution in [0.2, 0.25) is 0 Å². The molecule has 0 radical (unpaired) electrons.